The van der Waals surface area contributed by atoms with Gasteiger partial charge in [-0.1, -0.05) is 19.1 Å². The van der Waals surface area contributed by atoms with Gasteiger partial charge in [0.25, 0.3) is 0 Å². The number of hydrogen-bond donors (Lipinski definition) is 2. The average molecular weight is 527 g/mol. The van der Waals surface area contributed by atoms with Gasteiger partial charge in [0.15, 0.2) is 5.96 Å². The predicted octanol–water partition coefficient (Wildman–Crippen LogP) is 2.55. The fourth-order valence-corrected chi connectivity index (χ4v) is 3.90. The molecule has 168 valence electrons. The van der Waals surface area contributed by atoms with Crippen molar-refractivity contribution in [1.29, 1.82) is 0 Å². The molecule has 1 aliphatic rings. The molecule has 30 heavy (non-hydrogen) atoms. The Balaban J connectivity index is 0.00000320. The van der Waals surface area contributed by atoms with Crippen molar-refractivity contribution < 1.29 is 0 Å². The third-order valence-electron chi connectivity index (χ3n) is 5.63. The lowest BCUT2D eigenvalue weighted by molar-refractivity contribution is 0.139. The van der Waals surface area contributed by atoms with Crippen LogP contribution in [0.15, 0.2) is 29.3 Å². The van der Waals surface area contributed by atoms with Gasteiger partial charge >= 0.3 is 0 Å². The third-order valence-corrected chi connectivity index (χ3v) is 5.63. The second-order valence-electron chi connectivity index (χ2n) is 7.62. The Morgan fingerprint density at radius 3 is 2.50 bits per heavy atom. The van der Waals surface area contributed by atoms with Crippen LogP contribution < -0.4 is 10.6 Å². The van der Waals surface area contributed by atoms with E-state index < -0.39 is 0 Å². The van der Waals surface area contributed by atoms with Crippen LogP contribution >= 0.6 is 24.0 Å². The lowest BCUT2D eigenvalue weighted by atomic mass is 10.3. The molecule has 7 nitrogen and oxygen atoms in total. The summed E-state index contributed by atoms with van der Waals surface area (Å²) in [6, 6.07) is 8.34. The van der Waals surface area contributed by atoms with Gasteiger partial charge in [0.2, 0.25) is 0 Å². The molecule has 1 aromatic carbocycles. The van der Waals surface area contributed by atoms with E-state index in [-0.39, 0.29) is 24.0 Å². The van der Waals surface area contributed by atoms with Crippen molar-refractivity contribution in [2.45, 2.75) is 33.7 Å². The molecule has 1 aliphatic heterocycles. The molecule has 0 spiro atoms. The largest absolute Gasteiger partial charge is 0.357 e. The molecule has 0 saturated carbocycles. The molecule has 0 radical (unpaired) electrons. The van der Waals surface area contributed by atoms with E-state index in [1.54, 1.807) is 0 Å². The van der Waals surface area contributed by atoms with E-state index in [1.165, 1.54) is 31.7 Å². The first-order chi connectivity index (χ1) is 14.2. The molecular weight excluding hydrogens is 489 g/mol. The van der Waals surface area contributed by atoms with Crippen molar-refractivity contribution in [3.8, 4) is 0 Å². The molecule has 2 heterocycles. The lowest BCUT2D eigenvalue weighted by Gasteiger charge is -2.34. The van der Waals surface area contributed by atoms with E-state index in [0.717, 1.165) is 63.0 Å². The van der Waals surface area contributed by atoms with Crippen LogP contribution in [0.25, 0.3) is 11.0 Å². The second kappa shape index (κ2) is 13.1. The summed E-state index contributed by atoms with van der Waals surface area (Å²) in [7, 11) is 0. The van der Waals surface area contributed by atoms with E-state index in [0.29, 0.717) is 0 Å². The number of piperazine rings is 1. The van der Waals surface area contributed by atoms with Crippen molar-refractivity contribution in [2.24, 2.45) is 4.99 Å². The molecule has 8 heteroatoms. The van der Waals surface area contributed by atoms with Gasteiger partial charge in [0.05, 0.1) is 11.0 Å². The number of nitrogens with zero attached hydrogens (tertiary/aromatic N) is 5. The topological polar surface area (TPSA) is 60.7 Å². The van der Waals surface area contributed by atoms with Gasteiger partial charge < -0.3 is 20.1 Å². The van der Waals surface area contributed by atoms with Gasteiger partial charge in [-0.3, -0.25) is 9.89 Å². The van der Waals surface area contributed by atoms with Gasteiger partial charge in [0.1, 0.15) is 5.82 Å². The normalized spacial score (nSPS) is 15.9. The Hall–Kier alpha value is -1.39. The highest BCUT2D eigenvalue weighted by Gasteiger charge is 2.14. The van der Waals surface area contributed by atoms with Crippen LogP contribution in [-0.2, 0) is 6.54 Å². The number of para-hydroxylation sites is 2. The lowest BCUT2D eigenvalue weighted by Crippen LogP contribution is -2.49. The van der Waals surface area contributed by atoms with Crippen molar-refractivity contribution >= 4 is 41.0 Å². The maximum Gasteiger partial charge on any atom is 0.191 e. The second-order valence-corrected chi connectivity index (χ2v) is 7.62. The molecule has 1 saturated heterocycles. The van der Waals surface area contributed by atoms with Crippen molar-refractivity contribution in [3.05, 3.63) is 30.1 Å². The Morgan fingerprint density at radius 2 is 1.77 bits per heavy atom. The highest BCUT2D eigenvalue weighted by Crippen LogP contribution is 2.15. The minimum Gasteiger partial charge on any atom is -0.357 e. The summed E-state index contributed by atoms with van der Waals surface area (Å²) < 4.78 is 2.29. The van der Waals surface area contributed by atoms with Gasteiger partial charge in [-0.05, 0) is 38.9 Å². The smallest absolute Gasteiger partial charge is 0.191 e. The highest BCUT2D eigenvalue weighted by molar-refractivity contribution is 14.0. The van der Waals surface area contributed by atoms with E-state index >= 15 is 0 Å². The molecule has 1 fully saturated rings. The fraction of sp³-hybridized carbons (Fsp3) is 0.636. The minimum atomic E-state index is 0. The summed E-state index contributed by atoms with van der Waals surface area (Å²) in [6.07, 6.45) is 0.997. The number of fused-ring (bicyclic) bond motifs is 1. The number of guanidine groups is 1. The molecule has 0 unspecified atom stereocenters. The molecule has 0 amide bonds. The summed E-state index contributed by atoms with van der Waals surface area (Å²) in [4.78, 5) is 14.5. The van der Waals surface area contributed by atoms with Crippen LogP contribution in [0.1, 0.15) is 26.1 Å². The van der Waals surface area contributed by atoms with Crippen molar-refractivity contribution in [3.63, 3.8) is 0 Å². The predicted molar refractivity (Wildman–Crippen MR) is 137 cm³/mol. The maximum absolute atomic E-state index is 4.76. The first kappa shape index (κ1) is 24.9. The average Bonchev–Trinajstić information content (AvgIpc) is 3.06. The van der Waals surface area contributed by atoms with E-state index in [2.05, 4.69) is 69.0 Å². The van der Waals surface area contributed by atoms with Gasteiger partial charge in [-0.15, -0.1) is 24.0 Å². The van der Waals surface area contributed by atoms with Gasteiger partial charge in [0, 0.05) is 58.9 Å². The third kappa shape index (κ3) is 7.09. The maximum atomic E-state index is 4.76. The quantitative estimate of drug-likeness (QED) is 0.227. The van der Waals surface area contributed by atoms with Crippen LogP contribution in [0.2, 0.25) is 0 Å². The van der Waals surface area contributed by atoms with Crippen molar-refractivity contribution in [1.82, 2.24) is 30.0 Å². The Labute approximate surface area is 198 Å². The van der Waals surface area contributed by atoms with Crippen molar-refractivity contribution in [2.75, 3.05) is 58.9 Å². The van der Waals surface area contributed by atoms with E-state index in [4.69, 9.17) is 4.99 Å². The Morgan fingerprint density at radius 1 is 1.03 bits per heavy atom. The molecule has 0 aliphatic carbocycles. The summed E-state index contributed by atoms with van der Waals surface area (Å²) in [5, 5.41) is 6.86. The number of nitrogens with one attached hydrogen (secondary N) is 2. The van der Waals surface area contributed by atoms with Crippen LogP contribution in [-0.4, -0.2) is 84.2 Å². The van der Waals surface area contributed by atoms with Crippen LogP contribution in [0.5, 0.6) is 0 Å². The summed E-state index contributed by atoms with van der Waals surface area (Å²) in [5.74, 6) is 2.00. The molecule has 0 bridgehead atoms. The number of aromatic nitrogens is 2. The van der Waals surface area contributed by atoms with Crippen LogP contribution in [0, 0.1) is 6.92 Å². The fourth-order valence-electron chi connectivity index (χ4n) is 3.90. The summed E-state index contributed by atoms with van der Waals surface area (Å²) in [5.41, 5.74) is 2.28. The summed E-state index contributed by atoms with van der Waals surface area (Å²) >= 11 is 0. The summed E-state index contributed by atoms with van der Waals surface area (Å²) in [6.45, 7) is 16.9. The molecule has 2 N–H and O–H groups in total. The number of aliphatic imine (C=N–C) groups is 1. The zero-order valence-corrected chi connectivity index (χ0v) is 21.1. The SMILES string of the molecule is CCNC(=NCCCn1c(C)nc2ccccc21)NCCN1CCN(CC)CC1.I. The van der Waals surface area contributed by atoms with Crippen LogP contribution in [0.4, 0.5) is 0 Å². The number of hydrogen-bond acceptors (Lipinski definition) is 4. The molecule has 0 atom stereocenters. The van der Waals surface area contributed by atoms with Gasteiger partial charge in [-0.25, -0.2) is 4.98 Å². The molecule has 3 rings (SSSR count). The number of benzene rings is 1. The Kier molecular flexibility index (Phi) is 10.9. The standard InChI is InChI=1S/C22H37N7.HI/c1-4-23-22(25-12-14-28-17-15-27(5-2)16-18-28)24-11-8-13-29-19(3)26-20-9-6-7-10-21(20)29;/h6-7,9-10H,4-5,8,11-18H2,1-3H3,(H2,23,24,25);1H. The first-order valence-electron chi connectivity index (χ1n) is 11.1. The number of rotatable bonds is 9. The monoisotopic (exact) mass is 527 g/mol. The minimum absolute atomic E-state index is 0. The molecule has 2 aromatic rings. The first-order valence-corrected chi connectivity index (χ1v) is 11.1. The number of likely N-dealkylation sites (N-methyl/N-ethyl adjacent to an activating group) is 1. The zero-order valence-electron chi connectivity index (χ0n) is 18.7. The Bertz CT molecular complexity index is 781. The zero-order chi connectivity index (χ0) is 20.5. The van der Waals surface area contributed by atoms with Crippen LogP contribution in [0.3, 0.4) is 0 Å². The number of imidazole rings is 1. The highest BCUT2D eigenvalue weighted by atomic mass is 127. The molecular formula is C22H38IN7. The number of halogens is 1. The van der Waals surface area contributed by atoms with Gasteiger partial charge in [-0.2, -0.15) is 0 Å². The van der Waals surface area contributed by atoms with E-state index in [1.807, 2.05) is 6.07 Å². The number of aryl methyl sites for hydroxylation is 2. The van der Waals surface area contributed by atoms with E-state index in [9.17, 15) is 0 Å². The molecule has 1 aromatic heterocycles.